The number of hydrogen-bond donors (Lipinski definition) is 2. The molecule has 1 fully saturated rings. The molecular formula is C15H29N3O3. The van der Waals surface area contributed by atoms with Gasteiger partial charge >= 0.3 is 6.09 Å². The van der Waals surface area contributed by atoms with E-state index in [0.717, 1.165) is 12.8 Å². The van der Waals surface area contributed by atoms with Gasteiger partial charge in [-0.15, -0.1) is 0 Å². The van der Waals surface area contributed by atoms with Crippen LogP contribution in [-0.2, 0) is 9.53 Å². The lowest BCUT2D eigenvalue weighted by atomic mass is 10.1. The molecule has 1 rings (SSSR count). The Balaban J connectivity index is 2.26. The summed E-state index contributed by atoms with van der Waals surface area (Å²) in [5.41, 5.74) is -0.457. The molecule has 0 aromatic heterocycles. The molecule has 0 aromatic carbocycles. The molecule has 6 heteroatoms. The van der Waals surface area contributed by atoms with Gasteiger partial charge in [0.2, 0.25) is 5.91 Å². The molecule has 0 radical (unpaired) electrons. The van der Waals surface area contributed by atoms with Gasteiger partial charge in [-0.25, -0.2) is 4.79 Å². The second-order valence-electron chi connectivity index (χ2n) is 6.84. The molecular weight excluding hydrogens is 270 g/mol. The Labute approximate surface area is 127 Å². The van der Waals surface area contributed by atoms with E-state index in [2.05, 4.69) is 10.6 Å². The summed E-state index contributed by atoms with van der Waals surface area (Å²) in [6, 6.07) is 0.440. The summed E-state index contributed by atoms with van der Waals surface area (Å²) in [6.45, 7) is 11.1. The second kappa shape index (κ2) is 7.64. The van der Waals surface area contributed by atoms with Crippen LogP contribution in [0.25, 0.3) is 0 Å². The van der Waals surface area contributed by atoms with Crippen molar-refractivity contribution >= 4 is 12.0 Å². The third kappa shape index (κ3) is 7.32. The highest BCUT2D eigenvalue weighted by Gasteiger charge is 2.26. The molecule has 1 aliphatic heterocycles. The van der Waals surface area contributed by atoms with Crippen LogP contribution >= 0.6 is 0 Å². The van der Waals surface area contributed by atoms with Crippen LogP contribution in [0.5, 0.6) is 0 Å². The number of amides is 2. The number of carbonyl (C=O) groups excluding carboxylic acids is 2. The molecule has 1 aliphatic rings. The highest BCUT2D eigenvalue weighted by atomic mass is 16.6. The third-order valence-corrected chi connectivity index (χ3v) is 3.15. The van der Waals surface area contributed by atoms with Crippen LogP contribution in [0.1, 0.15) is 47.5 Å². The Hall–Kier alpha value is -1.30. The SMILES string of the molecule is CC(C)NC(=O)CNC1CCN(C(=O)OC(C)(C)C)CC1. The fourth-order valence-corrected chi connectivity index (χ4v) is 2.20. The summed E-state index contributed by atoms with van der Waals surface area (Å²) in [4.78, 5) is 25.2. The van der Waals surface area contributed by atoms with Crippen molar-refractivity contribution < 1.29 is 14.3 Å². The Kier molecular flexibility index (Phi) is 6.45. The van der Waals surface area contributed by atoms with Crippen molar-refractivity contribution in [1.29, 1.82) is 0 Å². The quantitative estimate of drug-likeness (QED) is 0.825. The molecule has 0 saturated carbocycles. The van der Waals surface area contributed by atoms with E-state index in [1.54, 1.807) is 4.90 Å². The highest BCUT2D eigenvalue weighted by Crippen LogP contribution is 2.15. The summed E-state index contributed by atoms with van der Waals surface area (Å²) in [5, 5.41) is 6.09. The first-order chi connectivity index (χ1) is 9.67. The number of piperidine rings is 1. The second-order valence-corrected chi connectivity index (χ2v) is 6.84. The largest absolute Gasteiger partial charge is 0.444 e. The Morgan fingerprint density at radius 2 is 1.81 bits per heavy atom. The number of carbonyl (C=O) groups is 2. The zero-order chi connectivity index (χ0) is 16.0. The molecule has 0 atom stereocenters. The minimum Gasteiger partial charge on any atom is -0.444 e. The first kappa shape index (κ1) is 17.8. The summed E-state index contributed by atoms with van der Waals surface area (Å²) < 4.78 is 5.36. The molecule has 122 valence electrons. The normalized spacial score (nSPS) is 17.0. The predicted molar refractivity (Wildman–Crippen MR) is 82.1 cm³/mol. The topological polar surface area (TPSA) is 70.7 Å². The van der Waals surface area contributed by atoms with Gasteiger partial charge in [0.05, 0.1) is 6.54 Å². The maximum absolute atomic E-state index is 11.9. The molecule has 0 bridgehead atoms. The third-order valence-electron chi connectivity index (χ3n) is 3.15. The van der Waals surface area contributed by atoms with E-state index in [0.29, 0.717) is 19.6 Å². The van der Waals surface area contributed by atoms with Crippen molar-refractivity contribution in [2.45, 2.75) is 65.1 Å². The number of likely N-dealkylation sites (tertiary alicyclic amines) is 1. The maximum atomic E-state index is 11.9. The Bertz CT molecular complexity index is 356. The maximum Gasteiger partial charge on any atom is 0.410 e. The van der Waals surface area contributed by atoms with Crippen molar-refractivity contribution in [3.8, 4) is 0 Å². The summed E-state index contributed by atoms with van der Waals surface area (Å²) in [7, 11) is 0. The van der Waals surface area contributed by atoms with Gasteiger partial charge in [-0.1, -0.05) is 0 Å². The Morgan fingerprint density at radius 3 is 2.29 bits per heavy atom. The number of hydrogen-bond acceptors (Lipinski definition) is 4. The molecule has 0 aromatic rings. The fourth-order valence-electron chi connectivity index (χ4n) is 2.20. The first-order valence-electron chi connectivity index (χ1n) is 7.68. The Morgan fingerprint density at radius 1 is 1.24 bits per heavy atom. The van der Waals surface area contributed by atoms with E-state index < -0.39 is 5.60 Å². The smallest absolute Gasteiger partial charge is 0.410 e. The molecule has 21 heavy (non-hydrogen) atoms. The van der Waals surface area contributed by atoms with Crippen LogP contribution in [0.15, 0.2) is 0 Å². The molecule has 2 amide bonds. The van der Waals surface area contributed by atoms with Crippen molar-refractivity contribution in [2.24, 2.45) is 0 Å². The lowest BCUT2D eigenvalue weighted by Crippen LogP contribution is -2.48. The van der Waals surface area contributed by atoms with E-state index in [9.17, 15) is 9.59 Å². The van der Waals surface area contributed by atoms with Gasteiger partial charge in [-0.3, -0.25) is 4.79 Å². The fraction of sp³-hybridized carbons (Fsp3) is 0.867. The molecule has 2 N–H and O–H groups in total. The minimum atomic E-state index is -0.457. The van der Waals surface area contributed by atoms with Crippen LogP contribution in [0.4, 0.5) is 4.79 Å². The van der Waals surface area contributed by atoms with E-state index in [-0.39, 0.29) is 24.1 Å². The molecule has 0 aliphatic carbocycles. The van der Waals surface area contributed by atoms with Crippen LogP contribution < -0.4 is 10.6 Å². The number of nitrogens with one attached hydrogen (secondary N) is 2. The van der Waals surface area contributed by atoms with Crippen LogP contribution in [0.3, 0.4) is 0 Å². The van der Waals surface area contributed by atoms with Crippen molar-refractivity contribution in [1.82, 2.24) is 15.5 Å². The van der Waals surface area contributed by atoms with Crippen molar-refractivity contribution in [2.75, 3.05) is 19.6 Å². The molecule has 1 heterocycles. The molecule has 1 saturated heterocycles. The van der Waals surface area contributed by atoms with Gasteiger partial charge in [0.1, 0.15) is 5.60 Å². The van der Waals surface area contributed by atoms with Gasteiger partial charge in [-0.2, -0.15) is 0 Å². The lowest BCUT2D eigenvalue weighted by molar-refractivity contribution is -0.120. The molecule has 0 spiro atoms. The number of nitrogens with zero attached hydrogens (tertiary/aromatic N) is 1. The summed E-state index contributed by atoms with van der Waals surface area (Å²) in [6.07, 6.45) is 1.43. The van der Waals surface area contributed by atoms with Gasteiger partial charge in [0, 0.05) is 25.2 Å². The van der Waals surface area contributed by atoms with Crippen LogP contribution in [0, 0.1) is 0 Å². The predicted octanol–water partition coefficient (Wildman–Crippen LogP) is 1.50. The van der Waals surface area contributed by atoms with E-state index >= 15 is 0 Å². The average molecular weight is 299 g/mol. The monoisotopic (exact) mass is 299 g/mol. The molecule has 0 unspecified atom stereocenters. The molecule has 6 nitrogen and oxygen atoms in total. The average Bonchev–Trinajstić information content (AvgIpc) is 2.34. The van der Waals surface area contributed by atoms with Crippen molar-refractivity contribution in [3.63, 3.8) is 0 Å². The lowest BCUT2D eigenvalue weighted by Gasteiger charge is -2.33. The van der Waals surface area contributed by atoms with Crippen LogP contribution in [-0.4, -0.2) is 54.2 Å². The van der Waals surface area contributed by atoms with E-state index in [1.807, 2.05) is 34.6 Å². The summed E-state index contributed by atoms with van der Waals surface area (Å²) >= 11 is 0. The zero-order valence-electron chi connectivity index (χ0n) is 13.9. The minimum absolute atomic E-state index is 0.0135. The van der Waals surface area contributed by atoms with Gasteiger partial charge in [0.25, 0.3) is 0 Å². The van der Waals surface area contributed by atoms with Crippen molar-refractivity contribution in [3.05, 3.63) is 0 Å². The van der Waals surface area contributed by atoms with Gasteiger partial charge < -0.3 is 20.3 Å². The standard InChI is InChI=1S/C15H29N3O3/c1-11(2)17-13(19)10-16-12-6-8-18(9-7-12)14(20)21-15(3,4)5/h11-12,16H,6-10H2,1-5H3,(H,17,19). The van der Waals surface area contributed by atoms with E-state index in [1.165, 1.54) is 0 Å². The number of ether oxygens (including phenoxy) is 1. The van der Waals surface area contributed by atoms with E-state index in [4.69, 9.17) is 4.74 Å². The van der Waals surface area contributed by atoms with Gasteiger partial charge in [0.15, 0.2) is 0 Å². The first-order valence-corrected chi connectivity index (χ1v) is 7.68. The zero-order valence-corrected chi connectivity index (χ0v) is 13.9. The highest BCUT2D eigenvalue weighted by molar-refractivity contribution is 5.78. The van der Waals surface area contributed by atoms with Crippen LogP contribution in [0.2, 0.25) is 0 Å². The summed E-state index contributed by atoms with van der Waals surface area (Å²) in [5.74, 6) is 0.0135. The number of rotatable bonds is 4. The van der Waals surface area contributed by atoms with Gasteiger partial charge in [-0.05, 0) is 47.5 Å².